The highest BCUT2D eigenvalue weighted by Crippen LogP contribution is 2.25. The maximum Gasteiger partial charge on any atom is 0.0784 e. The third kappa shape index (κ3) is 1.69. The van der Waals surface area contributed by atoms with Crippen LogP contribution >= 0.6 is 0 Å². The summed E-state index contributed by atoms with van der Waals surface area (Å²) < 4.78 is 0. The van der Waals surface area contributed by atoms with Crippen molar-refractivity contribution in [1.29, 1.82) is 0 Å². The summed E-state index contributed by atoms with van der Waals surface area (Å²) in [4.78, 5) is 8.83. The number of hydrogen-bond acceptors (Lipinski definition) is 2. The first-order valence-corrected chi connectivity index (χ1v) is 5.62. The second kappa shape index (κ2) is 3.69. The van der Waals surface area contributed by atoms with E-state index in [2.05, 4.69) is 40.1 Å². The van der Waals surface area contributed by atoms with Gasteiger partial charge in [0.05, 0.1) is 5.52 Å². The first kappa shape index (κ1) is 10.0. The monoisotopic (exact) mass is 220 g/mol. The van der Waals surface area contributed by atoms with Crippen molar-refractivity contribution < 1.29 is 0 Å². The fourth-order valence-corrected chi connectivity index (χ4v) is 2.05. The number of nitrogens with zero attached hydrogens (tertiary/aromatic N) is 2. The van der Waals surface area contributed by atoms with Crippen LogP contribution in [0.1, 0.15) is 23.7 Å². The van der Waals surface area contributed by atoms with E-state index in [1.54, 1.807) is 0 Å². The molecule has 0 saturated heterocycles. The summed E-state index contributed by atoms with van der Waals surface area (Å²) in [7, 11) is 0. The minimum atomic E-state index is 0.954. The highest BCUT2D eigenvalue weighted by molar-refractivity contribution is 5.95. The van der Waals surface area contributed by atoms with Crippen molar-refractivity contribution in [3.05, 3.63) is 46.8 Å². The molecular formula is C15H12N2. The van der Waals surface area contributed by atoms with Crippen LogP contribution in [0.3, 0.4) is 0 Å². The van der Waals surface area contributed by atoms with E-state index in [0.717, 1.165) is 33.4 Å². The first-order valence-electron chi connectivity index (χ1n) is 5.62. The van der Waals surface area contributed by atoms with Crippen molar-refractivity contribution in [3.8, 4) is 0 Å². The maximum atomic E-state index is 4.63. The van der Waals surface area contributed by atoms with Crippen LogP contribution in [0.15, 0.2) is 35.0 Å². The van der Waals surface area contributed by atoms with E-state index in [-0.39, 0.29) is 0 Å². The van der Waals surface area contributed by atoms with Gasteiger partial charge in [-0.1, -0.05) is 18.2 Å². The molecule has 0 bridgehead atoms. The number of hydrogen-bond donors (Lipinski definition) is 0. The number of aliphatic imine (C=N–C) groups is 1. The Morgan fingerprint density at radius 1 is 1.06 bits per heavy atom. The highest BCUT2D eigenvalue weighted by atomic mass is 14.7. The summed E-state index contributed by atoms with van der Waals surface area (Å²) >= 11 is 0. The van der Waals surface area contributed by atoms with E-state index in [0.29, 0.717) is 0 Å². The topological polar surface area (TPSA) is 25.2 Å². The molecule has 17 heavy (non-hydrogen) atoms. The standard InChI is InChI=1S/C15H12N2/c1-10-3-4-13-6-5-12-7-8-16-11(2)9-14(12)15(13)17-10/h3-7,9H,1-2H3. The third-order valence-electron chi connectivity index (χ3n) is 2.89. The van der Waals surface area contributed by atoms with Crippen molar-refractivity contribution in [2.75, 3.05) is 0 Å². The summed E-state index contributed by atoms with van der Waals surface area (Å²) in [6, 6.07) is 8.32. The van der Waals surface area contributed by atoms with Gasteiger partial charge in [0.15, 0.2) is 0 Å². The number of aryl methyl sites for hydroxylation is 1. The average Bonchev–Trinajstić information content (AvgIpc) is 2.50. The van der Waals surface area contributed by atoms with E-state index in [1.165, 1.54) is 0 Å². The molecule has 82 valence electrons. The molecule has 0 fully saturated rings. The molecule has 2 nitrogen and oxygen atoms in total. The van der Waals surface area contributed by atoms with Crippen molar-refractivity contribution in [2.24, 2.45) is 4.99 Å². The van der Waals surface area contributed by atoms with E-state index >= 15 is 0 Å². The van der Waals surface area contributed by atoms with E-state index < -0.39 is 0 Å². The minimum Gasteiger partial charge on any atom is -0.252 e. The van der Waals surface area contributed by atoms with Gasteiger partial charge >= 0.3 is 0 Å². The smallest absolute Gasteiger partial charge is 0.0784 e. The lowest BCUT2D eigenvalue weighted by Gasteiger charge is -2.06. The van der Waals surface area contributed by atoms with Gasteiger partial charge in [0, 0.05) is 28.4 Å². The van der Waals surface area contributed by atoms with Crippen LogP contribution in [0, 0.1) is 6.92 Å². The minimum absolute atomic E-state index is 0.954. The lowest BCUT2D eigenvalue weighted by atomic mass is 10.0. The largest absolute Gasteiger partial charge is 0.252 e. The summed E-state index contributed by atoms with van der Waals surface area (Å²) in [5.74, 6) is 2.94. The van der Waals surface area contributed by atoms with Gasteiger partial charge in [-0.15, -0.1) is 0 Å². The van der Waals surface area contributed by atoms with Gasteiger partial charge in [-0.05, 0) is 37.4 Å². The van der Waals surface area contributed by atoms with Crippen LogP contribution in [-0.2, 0) is 0 Å². The van der Waals surface area contributed by atoms with Crippen molar-refractivity contribution in [1.82, 2.24) is 4.98 Å². The molecule has 3 rings (SSSR count). The molecule has 2 aromatic rings. The normalized spacial score (nSPS) is 13.4. The molecule has 0 radical (unpaired) electrons. The van der Waals surface area contributed by atoms with Gasteiger partial charge in [0.25, 0.3) is 0 Å². The Bertz CT molecular complexity index is 702. The van der Waals surface area contributed by atoms with Gasteiger partial charge in [0.2, 0.25) is 0 Å². The SMILES string of the molecule is CC1=Cc2c(ccc3ccc(C)nc23)C=C=N1. The molecule has 2 heterocycles. The molecule has 0 unspecified atom stereocenters. The number of aromatic nitrogens is 1. The highest BCUT2D eigenvalue weighted by Gasteiger charge is 2.07. The number of pyridine rings is 1. The van der Waals surface area contributed by atoms with Gasteiger partial charge < -0.3 is 0 Å². The molecule has 0 aliphatic carbocycles. The van der Waals surface area contributed by atoms with Gasteiger partial charge in [0.1, 0.15) is 0 Å². The van der Waals surface area contributed by atoms with Gasteiger partial charge in [-0.2, -0.15) is 0 Å². The molecule has 1 aliphatic heterocycles. The zero-order valence-corrected chi connectivity index (χ0v) is 9.86. The quantitative estimate of drug-likeness (QED) is 0.666. The predicted octanol–water partition coefficient (Wildman–Crippen LogP) is 3.60. The predicted molar refractivity (Wildman–Crippen MR) is 72.0 cm³/mol. The Kier molecular flexibility index (Phi) is 2.17. The molecule has 0 atom stereocenters. The Balaban J connectivity index is 2.44. The molecule has 0 saturated carbocycles. The van der Waals surface area contributed by atoms with Gasteiger partial charge in [-0.25, -0.2) is 4.99 Å². The van der Waals surface area contributed by atoms with E-state index in [4.69, 9.17) is 0 Å². The summed E-state index contributed by atoms with van der Waals surface area (Å²) in [5, 5.41) is 1.16. The van der Waals surface area contributed by atoms with Crippen LogP contribution in [-0.4, -0.2) is 10.9 Å². The van der Waals surface area contributed by atoms with Crippen LogP contribution in [0.4, 0.5) is 0 Å². The van der Waals surface area contributed by atoms with Crippen molar-refractivity contribution >= 4 is 28.9 Å². The maximum absolute atomic E-state index is 4.63. The lowest BCUT2D eigenvalue weighted by molar-refractivity contribution is 1.25. The van der Waals surface area contributed by atoms with Crippen LogP contribution in [0.25, 0.3) is 23.1 Å². The Labute approximate surface area is 100 Å². The average molecular weight is 220 g/mol. The van der Waals surface area contributed by atoms with Crippen LogP contribution < -0.4 is 0 Å². The number of benzene rings is 1. The molecule has 0 spiro atoms. The molecule has 1 aliphatic rings. The summed E-state index contributed by atoms with van der Waals surface area (Å²) in [6.07, 6.45) is 3.98. The third-order valence-corrected chi connectivity index (χ3v) is 2.89. The molecular weight excluding hydrogens is 208 g/mol. The molecule has 2 heteroatoms. The molecule has 0 N–H and O–H groups in total. The van der Waals surface area contributed by atoms with Crippen molar-refractivity contribution in [3.63, 3.8) is 0 Å². The molecule has 1 aromatic carbocycles. The summed E-state index contributed by atoms with van der Waals surface area (Å²) in [5.41, 5.74) is 5.28. The Morgan fingerprint density at radius 3 is 2.76 bits per heavy atom. The molecule has 0 amide bonds. The zero-order valence-electron chi connectivity index (χ0n) is 9.86. The first-order chi connectivity index (χ1) is 8.24. The second-order valence-corrected chi connectivity index (χ2v) is 4.26. The fraction of sp³-hybridized carbons (Fsp3) is 0.133. The second-order valence-electron chi connectivity index (χ2n) is 4.26. The Morgan fingerprint density at radius 2 is 1.88 bits per heavy atom. The van der Waals surface area contributed by atoms with Crippen LogP contribution in [0.5, 0.6) is 0 Å². The fourth-order valence-electron chi connectivity index (χ4n) is 2.05. The number of fused-ring (bicyclic) bond motifs is 3. The Hall–Kier alpha value is -2.18. The van der Waals surface area contributed by atoms with Crippen LogP contribution in [0.2, 0.25) is 0 Å². The summed E-state index contributed by atoms with van der Waals surface area (Å²) in [6.45, 7) is 3.99. The zero-order chi connectivity index (χ0) is 11.8. The van der Waals surface area contributed by atoms with Crippen molar-refractivity contribution in [2.45, 2.75) is 13.8 Å². The van der Waals surface area contributed by atoms with E-state index in [1.807, 2.05) is 26.0 Å². The number of rotatable bonds is 0. The number of allylic oxidation sites excluding steroid dienone is 1. The molecule has 1 aromatic heterocycles. The van der Waals surface area contributed by atoms with E-state index in [9.17, 15) is 0 Å². The lowest BCUT2D eigenvalue weighted by Crippen LogP contribution is -1.90. The van der Waals surface area contributed by atoms with Gasteiger partial charge in [-0.3, -0.25) is 4.98 Å².